The van der Waals surface area contributed by atoms with Crippen LogP contribution in [0.2, 0.25) is 0 Å². The van der Waals surface area contributed by atoms with Gasteiger partial charge in [0.25, 0.3) is 0 Å². The van der Waals surface area contributed by atoms with Gasteiger partial charge in [0.2, 0.25) is 11.8 Å². The molecule has 43 heavy (non-hydrogen) atoms. The van der Waals surface area contributed by atoms with Crippen molar-refractivity contribution >= 4 is 44.0 Å². The number of nitrogens with zero attached hydrogens (tertiary/aromatic N) is 4. The Kier molecular flexibility index (Phi) is 14.6. The molecule has 0 spiro atoms. The predicted octanol–water partition coefficient (Wildman–Crippen LogP) is 6.98. The van der Waals surface area contributed by atoms with Crippen LogP contribution in [0.4, 0.5) is 14.0 Å². The summed E-state index contributed by atoms with van der Waals surface area (Å²) in [6.07, 6.45) is 5.29. The smallest absolute Gasteiger partial charge is 0.410 e. The predicted molar refractivity (Wildman–Crippen MR) is 168 cm³/mol. The fourth-order valence-electron chi connectivity index (χ4n) is 3.86. The highest BCUT2D eigenvalue weighted by Gasteiger charge is 2.28. The number of aliphatic hydroxyl groups is 1. The number of hydrogen-bond acceptors (Lipinski definition) is 8. The number of likely N-dealkylation sites (tertiary alicyclic amines) is 2. The Bertz CT molecular complexity index is 1140. The molecule has 0 unspecified atom stereocenters. The highest BCUT2D eigenvalue weighted by atomic mass is 79.9. The summed E-state index contributed by atoms with van der Waals surface area (Å²) < 4.78 is 30.1. The Morgan fingerprint density at radius 2 is 1.26 bits per heavy atom. The zero-order valence-electron chi connectivity index (χ0n) is 25.7. The maximum atomic E-state index is 12.0. The molecule has 0 atom stereocenters. The molecule has 0 aromatic carbocycles. The summed E-state index contributed by atoms with van der Waals surface area (Å²) in [5.41, 5.74) is -0.891. The van der Waals surface area contributed by atoms with E-state index in [2.05, 4.69) is 41.8 Å². The number of carbonyl (C=O) groups excluding carboxylic acids is 2. The van der Waals surface area contributed by atoms with Crippen molar-refractivity contribution in [3.05, 3.63) is 51.6 Å². The van der Waals surface area contributed by atoms with Gasteiger partial charge < -0.3 is 29.1 Å². The van der Waals surface area contributed by atoms with Crippen molar-refractivity contribution in [1.29, 1.82) is 0 Å². The molecule has 2 saturated heterocycles. The van der Waals surface area contributed by atoms with E-state index in [1.54, 1.807) is 22.1 Å². The fourth-order valence-corrected chi connectivity index (χ4v) is 4.48. The Balaban J connectivity index is 0.000000251. The van der Waals surface area contributed by atoms with Crippen molar-refractivity contribution in [2.75, 3.05) is 26.2 Å². The van der Waals surface area contributed by atoms with Gasteiger partial charge in [-0.25, -0.2) is 19.6 Å². The third kappa shape index (κ3) is 15.7. The van der Waals surface area contributed by atoms with E-state index in [-0.39, 0.29) is 24.4 Å². The van der Waals surface area contributed by atoms with Gasteiger partial charge in [0, 0.05) is 72.5 Å². The van der Waals surface area contributed by atoms with E-state index in [0.29, 0.717) is 49.4 Å². The van der Waals surface area contributed by atoms with Gasteiger partial charge in [0.1, 0.15) is 17.3 Å². The molecule has 4 rings (SSSR count). The van der Waals surface area contributed by atoms with Gasteiger partial charge >= 0.3 is 12.2 Å². The van der Waals surface area contributed by atoms with Crippen LogP contribution in [0.15, 0.2) is 45.6 Å². The second kappa shape index (κ2) is 17.1. The first-order valence-electron chi connectivity index (χ1n) is 14.2. The number of amides is 2. The lowest BCUT2D eigenvalue weighted by molar-refractivity contribution is 0.00953. The van der Waals surface area contributed by atoms with Crippen molar-refractivity contribution in [2.45, 2.75) is 90.6 Å². The van der Waals surface area contributed by atoms with Crippen LogP contribution in [0.3, 0.4) is 0 Å². The summed E-state index contributed by atoms with van der Waals surface area (Å²) in [7, 11) is 0. The molecular weight excluding hydrogens is 691 g/mol. The van der Waals surface area contributed by atoms with Gasteiger partial charge in [-0.3, -0.25) is 0 Å². The zero-order valence-corrected chi connectivity index (χ0v) is 28.9. The molecule has 2 aromatic rings. The third-order valence-electron chi connectivity index (χ3n) is 5.88. The van der Waals surface area contributed by atoms with E-state index in [1.807, 2.05) is 53.7 Å². The molecule has 2 aromatic heterocycles. The summed E-state index contributed by atoms with van der Waals surface area (Å²) >= 11 is 6.48. The van der Waals surface area contributed by atoms with E-state index in [1.165, 1.54) is 12.3 Å². The topological polar surface area (TPSA) is 114 Å². The van der Waals surface area contributed by atoms with Crippen LogP contribution < -0.4 is 4.74 Å². The number of rotatable bonds is 2. The van der Waals surface area contributed by atoms with Crippen LogP contribution in [0.5, 0.6) is 5.88 Å². The summed E-state index contributed by atoms with van der Waals surface area (Å²) in [5.74, 6) is 0.152. The molecule has 2 fully saturated rings. The first kappa shape index (κ1) is 36.7. The fraction of sp³-hybridized carbons (Fsp3) is 0.600. The van der Waals surface area contributed by atoms with Gasteiger partial charge in [-0.1, -0.05) is 31.9 Å². The highest BCUT2D eigenvalue weighted by molar-refractivity contribution is 9.10. The molecule has 0 aliphatic carbocycles. The Morgan fingerprint density at radius 3 is 1.65 bits per heavy atom. The molecule has 4 heterocycles. The van der Waals surface area contributed by atoms with Crippen LogP contribution in [0.25, 0.3) is 0 Å². The van der Waals surface area contributed by atoms with E-state index in [4.69, 9.17) is 14.2 Å². The molecule has 0 bridgehead atoms. The molecule has 240 valence electrons. The third-order valence-corrected chi connectivity index (χ3v) is 6.87. The highest BCUT2D eigenvalue weighted by Crippen LogP contribution is 2.21. The average molecular weight is 735 g/mol. The summed E-state index contributed by atoms with van der Waals surface area (Å²) in [5, 5.41) is 9.26. The molecule has 2 aliphatic heterocycles. The summed E-state index contributed by atoms with van der Waals surface area (Å²) in [6.45, 7) is 13.7. The van der Waals surface area contributed by atoms with Crippen LogP contribution >= 0.6 is 31.9 Å². The van der Waals surface area contributed by atoms with Gasteiger partial charge in [0.15, 0.2) is 0 Å². The number of carbonyl (C=O) groups is 2. The Labute approximate surface area is 270 Å². The minimum absolute atomic E-state index is 0.0884. The lowest BCUT2D eigenvalue weighted by Gasteiger charge is -2.33. The molecule has 0 saturated carbocycles. The van der Waals surface area contributed by atoms with Gasteiger partial charge in [0.05, 0.1) is 6.10 Å². The minimum atomic E-state index is -0.459. The standard InChI is InChI=1S/C15H21BrN2O3.C10H19NO3.C5H3BrFN/c1-15(2,3)21-14(19)18-8-5-12(6-9-18)20-13-10-11(16)4-7-17-13;1-10(2,3)14-9(13)11-6-4-8(12)5-7-11;6-4-1-2-8-5(7)3-4/h4,7,10,12H,5-6,8-9H2,1-3H3;8,12H,4-7H2,1-3H3;1-3H. The largest absolute Gasteiger partial charge is 0.474 e. The lowest BCUT2D eigenvalue weighted by atomic mass is 10.1. The molecular formula is C30H43Br2FN4O6. The van der Waals surface area contributed by atoms with Crippen molar-refractivity contribution in [3.8, 4) is 5.88 Å². The number of ether oxygens (including phenoxy) is 3. The summed E-state index contributed by atoms with van der Waals surface area (Å²) in [6, 6.07) is 6.68. The van der Waals surface area contributed by atoms with Gasteiger partial charge in [-0.05, 0) is 66.5 Å². The van der Waals surface area contributed by atoms with Crippen molar-refractivity contribution in [1.82, 2.24) is 19.8 Å². The minimum Gasteiger partial charge on any atom is -0.474 e. The zero-order chi connectivity index (χ0) is 32.2. The summed E-state index contributed by atoms with van der Waals surface area (Å²) in [4.78, 5) is 34.4. The van der Waals surface area contributed by atoms with Crippen molar-refractivity contribution in [3.63, 3.8) is 0 Å². The van der Waals surface area contributed by atoms with Crippen molar-refractivity contribution in [2.24, 2.45) is 0 Å². The number of halogens is 3. The molecule has 0 radical (unpaired) electrons. The molecule has 2 aliphatic rings. The second-order valence-electron chi connectivity index (χ2n) is 12.1. The van der Waals surface area contributed by atoms with E-state index in [0.717, 1.165) is 17.3 Å². The molecule has 13 heteroatoms. The quantitative estimate of drug-likeness (QED) is 0.329. The SMILES string of the molecule is CC(C)(C)OC(=O)N1CCC(O)CC1.CC(C)(C)OC(=O)N1CCC(Oc2cc(Br)ccn2)CC1.Fc1cc(Br)ccn1. The first-order valence-corrected chi connectivity index (χ1v) is 15.8. The molecule has 1 N–H and O–H groups in total. The van der Waals surface area contributed by atoms with Crippen molar-refractivity contribution < 1.29 is 33.3 Å². The number of pyridine rings is 2. The molecule has 2 amide bonds. The number of aromatic nitrogens is 2. The molecule has 10 nitrogen and oxygen atoms in total. The van der Waals surface area contributed by atoms with Crippen LogP contribution in [0, 0.1) is 5.95 Å². The lowest BCUT2D eigenvalue weighted by Crippen LogP contribution is -2.44. The van der Waals surface area contributed by atoms with Crippen LogP contribution in [-0.4, -0.2) is 86.6 Å². The van der Waals surface area contributed by atoms with Crippen LogP contribution in [-0.2, 0) is 9.47 Å². The maximum Gasteiger partial charge on any atom is 0.410 e. The first-order chi connectivity index (χ1) is 20.0. The normalized spacial score (nSPS) is 16.2. The number of piperidine rings is 2. The Morgan fingerprint density at radius 1 is 0.814 bits per heavy atom. The van der Waals surface area contributed by atoms with E-state index in [9.17, 15) is 19.1 Å². The number of hydrogen-bond donors (Lipinski definition) is 1. The van der Waals surface area contributed by atoms with Gasteiger partial charge in [-0.2, -0.15) is 4.39 Å². The maximum absolute atomic E-state index is 12.0. The van der Waals surface area contributed by atoms with E-state index < -0.39 is 17.1 Å². The van der Waals surface area contributed by atoms with E-state index >= 15 is 0 Å². The van der Waals surface area contributed by atoms with Crippen LogP contribution in [0.1, 0.15) is 67.2 Å². The average Bonchev–Trinajstić information content (AvgIpc) is 2.88. The van der Waals surface area contributed by atoms with Gasteiger partial charge in [-0.15, -0.1) is 0 Å². The monoisotopic (exact) mass is 732 g/mol. The Hall–Kier alpha value is -2.51. The second-order valence-corrected chi connectivity index (χ2v) is 13.9. The number of aliphatic hydroxyl groups excluding tert-OH is 1.